The van der Waals surface area contributed by atoms with Crippen LogP contribution in [0.4, 0.5) is 0 Å². The molecule has 1 N–H and O–H groups in total. The number of para-hydroxylation sites is 1. The Morgan fingerprint density at radius 3 is 2.59 bits per heavy atom. The number of hydrogen-bond donors (Lipinski definition) is 1. The van der Waals surface area contributed by atoms with Crippen LogP contribution in [0.15, 0.2) is 82.4 Å². The van der Waals surface area contributed by atoms with Crippen LogP contribution < -0.4 is 4.72 Å². The Morgan fingerprint density at radius 2 is 1.89 bits per heavy atom. The van der Waals surface area contributed by atoms with Gasteiger partial charge in [-0.3, -0.25) is 0 Å². The summed E-state index contributed by atoms with van der Waals surface area (Å²) in [6, 6.07) is 17.8. The number of furan rings is 1. The van der Waals surface area contributed by atoms with Gasteiger partial charge < -0.3 is 4.42 Å². The van der Waals surface area contributed by atoms with Crippen molar-refractivity contribution in [1.29, 1.82) is 0 Å². The van der Waals surface area contributed by atoms with Gasteiger partial charge in [-0.1, -0.05) is 18.2 Å². The van der Waals surface area contributed by atoms with E-state index in [4.69, 9.17) is 4.42 Å². The first-order valence-corrected chi connectivity index (χ1v) is 10.1. The minimum atomic E-state index is -3.62. The van der Waals surface area contributed by atoms with E-state index >= 15 is 0 Å². The van der Waals surface area contributed by atoms with E-state index < -0.39 is 10.0 Å². The molecule has 0 radical (unpaired) electrons. The fourth-order valence-corrected chi connectivity index (χ4v) is 4.26. The lowest BCUT2D eigenvalue weighted by atomic mass is 10.2. The molecule has 1 unspecified atom stereocenters. The first-order chi connectivity index (χ1) is 13.0. The van der Waals surface area contributed by atoms with Crippen molar-refractivity contribution in [2.24, 2.45) is 0 Å². The van der Waals surface area contributed by atoms with E-state index in [1.54, 1.807) is 41.3 Å². The van der Waals surface area contributed by atoms with E-state index in [2.05, 4.69) is 9.82 Å². The van der Waals surface area contributed by atoms with Gasteiger partial charge in [0, 0.05) is 30.2 Å². The first kappa shape index (κ1) is 17.5. The summed E-state index contributed by atoms with van der Waals surface area (Å²) in [5.41, 5.74) is 1.60. The highest BCUT2D eigenvalue weighted by Gasteiger charge is 2.19. The molecule has 0 aliphatic carbocycles. The average molecular weight is 381 g/mol. The third-order valence-electron chi connectivity index (χ3n) is 4.26. The summed E-state index contributed by atoms with van der Waals surface area (Å²) in [5, 5.41) is 5.14. The number of nitrogens with one attached hydrogen (secondary N) is 1. The molecule has 0 saturated carbocycles. The third kappa shape index (κ3) is 3.79. The number of rotatable bonds is 6. The minimum absolute atomic E-state index is 0.217. The van der Waals surface area contributed by atoms with Crippen LogP contribution in [-0.2, 0) is 16.4 Å². The van der Waals surface area contributed by atoms with E-state index in [0.717, 1.165) is 22.4 Å². The van der Waals surface area contributed by atoms with Gasteiger partial charge in [0.2, 0.25) is 10.0 Å². The lowest BCUT2D eigenvalue weighted by molar-refractivity contribution is 0.504. The summed E-state index contributed by atoms with van der Waals surface area (Å²) < 4.78 is 35.4. The van der Waals surface area contributed by atoms with Crippen LogP contribution in [0.5, 0.6) is 0 Å². The molecule has 4 aromatic rings. The second-order valence-electron chi connectivity index (χ2n) is 6.42. The maximum atomic E-state index is 12.6. The normalized spacial score (nSPS) is 13.1. The van der Waals surface area contributed by atoms with Gasteiger partial charge in [-0.25, -0.2) is 17.8 Å². The molecule has 0 spiro atoms. The van der Waals surface area contributed by atoms with E-state index in [0.29, 0.717) is 6.42 Å². The van der Waals surface area contributed by atoms with Crippen molar-refractivity contribution < 1.29 is 12.8 Å². The molecule has 0 aliphatic rings. The molecule has 2 heterocycles. The predicted octanol–water partition coefficient (Wildman–Crippen LogP) is 3.53. The van der Waals surface area contributed by atoms with Crippen LogP contribution in [0, 0.1) is 0 Å². The van der Waals surface area contributed by atoms with E-state index in [1.165, 1.54) is 0 Å². The first-order valence-electron chi connectivity index (χ1n) is 8.61. The number of sulfonamides is 1. The monoisotopic (exact) mass is 381 g/mol. The molecule has 27 heavy (non-hydrogen) atoms. The van der Waals surface area contributed by atoms with Crippen LogP contribution in [0.3, 0.4) is 0 Å². The Balaban J connectivity index is 1.47. The van der Waals surface area contributed by atoms with Gasteiger partial charge in [0.15, 0.2) is 0 Å². The Bertz CT molecular complexity index is 1110. The van der Waals surface area contributed by atoms with Gasteiger partial charge in [0.1, 0.15) is 11.3 Å². The Hall–Kier alpha value is -2.90. The summed E-state index contributed by atoms with van der Waals surface area (Å²) in [4.78, 5) is 0.217. The molecule has 7 heteroatoms. The maximum absolute atomic E-state index is 12.6. The zero-order valence-corrected chi connectivity index (χ0v) is 15.6. The van der Waals surface area contributed by atoms with Gasteiger partial charge in [-0.15, -0.1) is 0 Å². The number of nitrogens with zero attached hydrogens (tertiary/aromatic N) is 2. The van der Waals surface area contributed by atoms with E-state index in [-0.39, 0.29) is 10.9 Å². The predicted molar refractivity (Wildman–Crippen MR) is 103 cm³/mol. The molecule has 0 aliphatic heterocycles. The molecule has 0 fully saturated rings. The highest BCUT2D eigenvalue weighted by molar-refractivity contribution is 7.89. The van der Waals surface area contributed by atoms with Gasteiger partial charge in [0.05, 0.1) is 10.6 Å². The summed E-state index contributed by atoms with van der Waals surface area (Å²) in [6.45, 7) is 1.82. The highest BCUT2D eigenvalue weighted by atomic mass is 32.2. The molecule has 0 saturated heterocycles. The van der Waals surface area contributed by atoms with Gasteiger partial charge in [-0.05, 0) is 49.4 Å². The Morgan fingerprint density at radius 1 is 1.11 bits per heavy atom. The summed E-state index contributed by atoms with van der Waals surface area (Å²) in [7, 11) is -3.62. The van der Waals surface area contributed by atoms with E-state index in [9.17, 15) is 8.42 Å². The topological polar surface area (TPSA) is 77.1 Å². The fourth-order valence-electron chi connectivity index (χ4n) is 3.01. The van der Waals surface area contributed by atoms with Crippen molar-refractivity contribution in [1.82, 2.24) is 14.5 Å². The summed E-state index contributed by atoms with van der Waals surface area (Å²) in [6.07, 6.45) is 3.95. The largest absolute Gasteiger partial charge is 0.461 e. The minimum Gasteiger partial charge on any atom is -0.461 e. The van der Waals surface area contributed by atoms with Gasteiger partial charge in [0.25, 0.3) is 0 Å². The lowest BCUT2D eigenvalue weighted by Crippen LogP contribution is -2.34. The molecule has 4 rings (SSSR count). The average Bonchev–Trinajstić information content (AvgIpc) is 3.30. The van der Waals surface area contributed by atoms with Gasteiger partial charge >= 0.3 is 0 Å². The molecular formula is C20H19N3O3S. The second kappa shape index (κ2) is 7.02. The zero-order valence-electron chi connectivity index (χ0n) is 14.7. The Labute approximate surface area is 157 Å². The van der Waals surface area contributed by atoms with Crippen LogP contribution in [-0.4, -0.2) is 24.2 Å². The molecule has 2 aromatic heterocycles. The standard InChI is InChI=1S/C20H19N3O3S/c1-15(13-18-14-16-5-2-3-6-20(16)26-18)22-27(24,25)19-9-7-17(8-10-19)23-12-4-11-21-23/h2-12,14-15,22H,13H2,1H3. The molecule has 0 amide bonds. The van der Waals surface area contributed by atoms with Crippen molar-refractivity contribution in [2.45, 2.75) is 24.3 Å². The number of fused-ring (bicyclic) bond motifs is 1. The molecule has 1 atom stereocenters. The van der Waals surface area contributed by atoms with Crippen molar-refractivity contribution in [3.05, 3.63) is 78.8 Å². The fraction of sp³-hybridized carbons (Fsp3) is 0.150. The molecule has 6 nitrogen and oxygen atoms in total. The second-order valence-corrected chi connectivity index (χ2v) is 8.14. The quantitative estimate of drug-likeness (QED) is 0.554. The maximum Gasteiger partial charge on any atom is 0.240 e. The van der Waals surface area contributed by atoms with Crippen molar-refractivity contribution >= 4 is 21.0 Å². The number of hydrogen-bond acceptors (Lipinski definition) is 4. The molecule has 0 bridgehead atoms. The smallest absolute Gasteiger partial charge is 0.240 e. The SMILES string of the molecule is CC(Cc1cc2ccccc2o1)NS(=O)(=O)c1ccc(-n2cccn2)cc1. The highest BCUT2D eigenvalue weighted by Crippen LogP contribution is 2.20. The van der Waals surface area contributed by atoms with Crippen LogP contribution in [0.25, 0.3) is 16.7 Å². The summed E-state index contributed by atoms with van der Waals surface area (Å²) >= 11 is 0. The van der Waals surface area contributed by atoms with Crippen LogP contribution >= 0.6 is 0 Å². The molecule has 2 aromatic carbocycles. The van der Waals surface area contributed by atoms with Crippen molar-refractivity contribution in [3.63, 3.8) is 0 Å². The summed E-state index contributed by atoms with van der Waals surface area (Å²) in [5.74, 6) is 0.750. The third-order valence-corrected chi connectivity index (χ3v) is 5.86. The number of benzene rings is 2. The zero-order chi connectivity index (χ0) is 18.9. The van der Waals surface area contributed by atoms with E-state index in [1.807, 2.05) is 43.3 Å². The van der Waals surface area contributed by atoms with Crippen molar-refractivity contribution in [3.8, 4) is 5.69 Å². The lowest BCUT2D eigenvalue weighted by Gasteiger charge is -2.13. The van der Waals surface area contributed by atoms with Crippen LogP contribution in [0.2, 0.25) is 0 Å². The Kier molecular flexibility index (Phi) is 4.55. The number of aromatic nitrogens is 2. The van der Waals surface area contributed by atoms with Gasteiger partial charge in [-0.2, -0.15) is 5.10 Å². The van der Waals surface area contributed by atoms with Crippen molar-refractivity contribution in [2.75, 3.05) is 0 Å². The molecule has 138 valence electrons. The molecular weight excluding hydrogens is 362 g/mol. The van der Waals surface area contributed by atoms with Crippen LogP contribution in [0.1, 0.15) is 12.7 Å².